The number of benzene rings is 1. The molecule has 1 N–H and O–H groups in total. The van der Waals surface area contributed by atoms with Crippen LogP contribution in [0.2, 0.25) is 0 Å². The third kappa shape index (κ3) is 7.13. The van der Waals surface area contributed by atoms with Gasteiger partial charge in [0.1, 0.15) is 17.4 Å². The van der Waals surface area contributed by atoms with Crippen molar-refractivity contribution in [2.45, 2.75) is 52.2 Å². The Morgan fingerprint density at radius 3 is 2.38 bits per heavy atom. The van der Waals surface area contributed by atoms with Crippen LogP contribution in [0.5, 0.6) is 5.75 Å². The van der Waals surface area contributed by atoms with Gasteiger partial charge in [0.05, 0.1) is 19.3 Å². The number of ketones is 1. The molecule has 7 nitrogen and oxygen atoms in total. The van der Waals surface area contributed by atoms with Crippen LogP contribution in [0.4, 0.5) is 4.79 Å². The van der Waals surface area contributed by atoms with E-state index < -0.39 is 23.7 Å². The summed E-state index contributed by atoms with van der Waals surface area (Å²) in [5.74, 6) is -0.334. The van der Waals surface area contributed by atoms with E-state index in [0.29, 0.717) is 11.3 Å². The van der Waals surface area contributed by atoms with Gasteiger partial charge >= 0.3 is 12.1 Å². The van der Waals surface area contributed by atoms with Crippen LogP contribution in [0.25, 0.3) is 0 Å². The van der Waals surface area contributed by atoms with Crippen molar-refractivity contribution in [2.75, 3.05) is 13.7 Å². The molecule has 0 spiro atoms. The van der Waals surface area contributed by atoms with Crippen molar-refractivity contribution >= 4 is 17.8 Å². The van der Waals surface area contributed by atoms with Gasteiger partial charge in [-0.2, -0.15) is 0 Å². The van der Waals surface area contributed by atoms with Crippen LogP contribution in [-0.4, -0.2) is 43.2 Å². The van der Waals surface area contributed by atoms with Gasteiger partial charge < -0.3 is 19.5 Å². The first-order valence-electron chi connectivity index (χ1n) is 8.50. The monoisotopic (exact) mass is 365 g/mol. The van der Waals surface area contributed by atoms with Crippen molar-refractivity contribution in [1.82, 2.24) is 5.32 Å². The fourth-order valence-corrected chi connectivity index (χ4v) is 2.23. The Kier molecular flexibility index (Phi) is 8.09. The molecular weight excluding hydrogens is 338 g/mol. The summed E-state index contributed by atoms with van der Waals surface area (Å²) in [6.45, 7) is 7.00. The number of carbonyl (C=O) groups excluding carboxylic acids is 3. The Morgan fingerprint density at radius 1 is 1.15 bits per heavy atom. The molecule has 0 fully saturated rings. The molecular formula is C19H27NO6. The van der Waals surface area contributed by atoms with Crippen LogP contribution in [0.1, 0.15) is 50.9 Å². The molecule has 0 radical (unpaired) electrons. The molecule has 1 aromatic rings. The van der Waals surface area contributed by atoms with E-state index in [0.717, 1.165) is 0 Å². The third-order valence-electron chi connectivity index (χ3n) is 3.33. The summed E-state index contributed by atoms with van der Waals surface area (Å²) < 4.78 is 15.3. The predicted molar refractivity (Wildman–Crippen MR) is 96.3 cm³/mol. The number of carbonyl (C=O) groups is 3. The Balaban J connectivity index is 2.78. The maximum Gasteiger partial charge on any atom is 0.408 e. The SMILES string of the molecule is CCOC(=O)[C@H](CCC(=O)c1ccccc1OC)NC(=O)OC(C)(C)C. The Morgan fingerprint density at radius 2 is 1.81 bits per heavy atom. The standard InChI is InChI=1S/C19H27NO6/c1-6-25-17(22)14(20-18(23)26-19(2,3)4)11-12-15(21)13-9-7-8-10-16(13)24-5/h7-10,14H,6,11-12H2,1-5H3,(H,20,23)/t14-/m0/s1. The maximum absolute atomic E-state index is 12.4. The van der Waals surface area contributed by atoms with Gasteiger partial charge in [0.25, 0.3) is 0 Å². The van der Waals surface area contributed by atoms with E-state index in [-0.39, 0.29) is 25.2 Å². The largest absolute Gasteiger partial charge is 0.496 e. The minimum Gasteiger partial charge on any atom is -0.496 e. The van der Waals surface area contributed by atoms with Crippen molar-refractivity contribution in [3.8, 4) is 5.75 Å². The summed E-state index contributed by atoms with van der Waals surface area (Å²) in [5, 5.41) is 2.47. The van der Waals surface area contributed by atoms with Crippen molar-refractivity contribution in [1.29, 1.82) is 0 Å². The number of hydrogen-bond acceptors (Lipinski definition) is 6. The second kappa shape index (κ2) is 9.79. The number of methoxy groups -OCH3 is 1. The smallest absolute Gasteiger partial charge is 0.408 e. The lowest BCUT2D eigenvalue weighted by Gasteiger charge is -2.22. The van der Waals surface area contributed by atoms with Gasteiger partial charge in [-0.1, -0.05) is 12.1 Å². The zero-order chi connectivity index (χ0) is 19.7. The number of nitrogens with one attached hydrogen (secondary N) is 1. The van der Waals surface area contributed by atoms with Crippen LogP contribution in [0, 0.1) is 0 Å². The van der Waals surface area contributed by atoms with E-state index >= 15 is 0 Å². The quantitative estimate of drug-likeness (QED) is 0.562. The molecule has 0 saturated heterocycles. The topological polar surface area (TPSA) is 90.9 Å². The molecule has 144 valence electrons. The van der Waals surface area contributed by atoms with E-state index in [4.69, 9.17) is 14.2 Å². The van der Waals surface area contributed by atoms with E-state index in [9.17, 15) is 14.4 Å². The molecule has 1 amide bonds. The number of alkyl carbamates (subject to hydrolysis) is 1. The van der Waals surface area contributed by atoms with Gasteiger partial charge in [-0.05, 0) is 46.2 Å². The van der Waals surface area contributed by atoms with E-state index in [2.05, 4.69) is 5.32 Å². The average molecular weight is 365 g/mol. The maximum atomic E-state index is 12.4. The lowest BCUT2D eigenvalue weighted by atomic mass is 10.0. The highest BCUT2D eigenvalue weighted by atomic mass is 16.6. The summed E-state index contributed by atoms with van der Waals surface area (Å²) in [6, 6.07) is 5.87. The van der Waals surface area contributed by atoms with Crippen molar-refractivity contribution < 1.29 is 28.6 Å². The first-order valence-corrected chi connectivity index (χ1v) is 8.50. The molecule has 0 bridgehead atoms. The number of esters is 1. The fourth-order valence-electron chi connectivity index (χ4n) is 2.23. The molecule has 0 heterocycles. The highest BCUT2D eigenvalue weighted by molar-refractivity contribution is 5.99. The predicted octanol–water partition coefficient (Wildman–Crippen LogP) is 3.11. The van der Waals surface area contributed by atoms with Crippen LogP contribution in [0.15, 0.2) is 24.3 Å². The Hall–Kier alpha value is -2.57. The number of amides is 1. The normalized spacial score (nSPS) is 12.0. The minimum atomic E-state index is -0.969. The highest BCUT2D eigenvalue weighted by Crippen LogP contribution is 2.20. The lowest BCUT2D eigenvalue weighted by molar-refractivity contribution is -0.145. The molecule has 1 rings (SSSR count). The van der Waals surface area contributed by atoms with Crippen LogP contribution in [0.3, 0.4) is 0 Å². The van der Waals surface area contributed by atoms with Gasteiger partial charge in [0.15, 0.2) is 5.78 Å². The Labute approximate surface area is 154 Å². The third-order valence-corrected chi connectivity index (χ3v) is 3.33. The van der Waals surface area contributed by atoms with E-state index in [1.165, 1.54) is 7.11 Å². The molecule has 0 aromatic heterocycles. The number of Topliss-reactive ketones (excluding diaryl/α,β-unsaturated/α-hetero) is 1. The van der Waals surface area contributed by atoms with Gasteiger partial charge in [0, 0.05) is 6.42 Å². The van der Waals surface area contributed by atoms with E-state index in [1.807, 2.05) is 0 Å². The summed E-state index contributed by atoms with van der Waals surface area (Å²) in [5.41, 5.74) is -0.272. The molecule has 0 saturated carbocycles. The molecule has 1 aromatic carbocycles. The van der Waals surface area contributed by atoms with Crippen LogP contribution >= 0.6 is 0 Å². The molecule has 1 atom stereocenters. The molecule has 0 aliphatic heterocycles. The molecule has 0 unspecified atom stereocenters. The zero-order valence-corrected chi connectivity index (χ0v) is 16.0. The molecule has 0 aliphatic rings. The number of para-hydroxylation sites is 1. The van der Waals surface area contributed by atoms with Crippen LogP contribution < -0.4 is 10.1 Å². The zero-order valence-electron chi connectivity index (χ0n) is 16.0. The summed E-state index contributed by atoms with van der Waals surface area (Å²) in [4.78, 5) is 36.5. The first kappa shape index (κ1) is 21.5. The van der Waals surface area contributed by atoms with Crippen molar-refractivity contribution in [2.24, 2.45) is 0 Å². The van der Waals surface area contributed by atoms with Gasteiger partial charge in [-0.15, -0.1) is 0 Å². The first-order chi connectivity index (χ1) is 12.2. The van der Waals surface area contributed by atoms with Gasteiger partial charge in [0.2, 0.25) is 0 Å². The van der Waals surface area contributed by atoms with E-state index in [1.54, 1.807) is 52.0 Å². The summed E-state index contributed by atoms with van der Waals surface area (Å²) in [7, 11) is 1.48. The van der Waals surface area contributed by atoms with Crippen LogP contribution in [-0.2, 0) is 14.3 Å². The second-order valence-corrected chi connectivity index (χ2v) is 6.61. The second-order valence-electron chi connectivity index (χ2n) is 6.61. The minimum absolute atomic E-state index is 0.0413. The van der Waals surface area contributed by atoms with Gasteiger partial charge in [-0.3, -0.25) is 4.79 Å². The molecule has 7 heteroatoms. The fraction of sp³-hybridized carbons (Fsp3) is 0.526. The Bertz CT molecular complexity index is 635. The molecule has 26 heavy (non-hydrogen) atoms. The van der Waals surface area contributed by atoms with Gasteiger partial charge in [-0.25, -0.2) is 9.59 Å². The van der Waals surface area contributed by atoms with Crippen molar-refractivity contribution in [3.05, 3.63) is 29.8 Å². The summed E-state index contributed by atoms with van der Waals surface area (Å²) in [6.07, 6.45) is -0.602. The number of hydrogen-bond donors (Lipinski definition) is 1. The highest BCUT2D eigenvalue weighted by Gasteiger charge is 2.26. The number of rotatable bonds is 8. The van der Waals surface area contributed by atoms with Crippen molar-refractivity contribution in [3.63, 3.8) is 0 Å². The molecule has 0 aliphatic carbocycles. The summed E-state index contributed by atoms with van der Waals surface area (Å²) >= 11 is 0. The lowest BCUT2D eigenvalue weighted by Crippen LogP contribution is -2.44. The number of ether oxygens (including phenoxy) is 3. The average Bonchev–Trinajstić information content (AvgIpc) is 2.56.